The number of nitrogens with one attached hydrogen (secondary N) is 1. The topological polar surface area (TPSA) is 90.5 Å². The Morgan fingerprint density at radius 3 is 2.90 bits per heavy atom. The molecule has 0 aliphatic carbocycles. The van der Waals surface area contributed by atoms with Crippen LogP contribution in [0.4, 0.5) is 5.82 Å². The molecular formula is C12H13N7O. The zero-order valence-electron chi connectivity index (χ0n) is 11.1. The summed E-state index contributed by atoms with van der Waals surface area (Å²) in [5, 5.41) is 12.0. The van der Waals surface area contributed by atoms with Crippen molar-refractivity contribution in [1.82, 2.24) is 29.5 Å². The van der Waals surface area contributed by atoms with Crippen molar-refractivity contribution in [3.05, 3.63) is 40.7 Å². The van der Waals surface area contributed by atoms with Crippen molar-refractivity contribution in [3.63, 3.8) is 0 Å². The summed E-state index contributed by atoms with van der Waals surface area (Å²) in [6.45, 7) is 0.218. The molecule has 0 saturated heterocycles. The van der Waals surface area contributed by atoms with Crippen molar-refractivity contribution in [2.24, 2.45) is 7.05 Å². The summed E-state index contributed by atoms with van der Waals surface area (Å²) in [4.78, 5) is 20.5. The molecule has 0 atom stereocenters. The van der Waals surface area contributed by atoms with Crippen LogP contribution >= 0.6 is 0 Å². The van der Waals surface area contributed by atoms with Gasteiger partial charge in [-0.1, -0.05) is 0 Å². The first-order valence-corrected chi connectivity index (χ1v) is 6.07. The molecule has 8 heteroatoms. The van der Waals surface area contributed by atoms with Crippen LogP contribution in [0.3, 0.4) is 0 Å². The van der Waals surface area contributed by atoms with Crippen molar-refractivity contribution in [1.29, 1.82) is 0 Å². The Kier molecular flexibility index (Phi) is 2.90. The predicted molar refractivity (Wildman–Crippen MR) is 73.4 cm³/mol. The number of anilines is 1. The van der Waals surface area contributed by atoms with E-state index in [1.807, 2.05) is 7.05 Å². The second kappa shape index (κ2) is 4.72. The summed E-state index contributed by atoms with van der Waals surface area (Å²) < 4.78 is 2.99. The van der Waals surface area contributed by atoms with Crippen LogP contribution in [0.5, 0.6) is 0 Å². The molecule has 0 fully saturated rings. The average molecular weight is 271 g/mol. The molecule has 0 saturated carbocycles. The summed E-state index contributed by atoms with van der Waals surface area (Å²) >= 11 is 0. The maximum absolute atomic E-state index is 11.7. The minimum absolute atomic E-state index is 0.188. The SMILES string of the molecule is CNc1nc(Cn2ncccc2=O)nc2c1cnn2C. The summed E-state index contributed by atoms with van der Waals surface area (Å²) in [6, 6.07) is 3.05. The van der Waals surface area contributed by atoms with E-state index in [0.29, 0.717) is 17.3 Å². The Balaban J connectivity index is 2.10. The first-order valence-electron chi connectivity index (χ1n) is 6.07. The molecule has 3 heterocycles. The van der Waals surface area contributed by atoms with Gasteiger partial charge in [-0.05, 0) is 6.07 Å². The van der Waals surface area contributed by atoms with Gasteiger partial charge in [-0.25, -0.2) is 14.6 Å². The third-order valence-electron chi connectivity index (χ3n) is 2.95. The molecule has 3 rings (SSSR count). The summed E-state index contributed by atoms with van der Waals surface area (Å²) in [7, 11) is 3.59. The van der Waals surface area contributed by atoms with Crippen LogP contribution in [-0.4, -0.2) is 36.6 Å². The molecule has 3 aromatic rings. The van der Waals surface area contributed by atoms with Crippen molar-refractivity contribution >= 4 is 16.9 Å². The Labute approximate surface area is 114 Å². The highest BCUT2D eigenvalue weighted by Gasteiger charge is 2.11. The standard InChI is InChI=1S/C12H13N7O/c1-13-11-8-6-15-18(2)12(8)17-9(16-11)7-19-10(20)4-3-5-14-19/h3-6H,7H2,1-2H3,(H,13,16,17). The maximum Gasteiger partial charge on any atom is 0.267 e. The second-order valence-electron chi connectivity index (χ2n) is 4.26. The van der Waals surface area contributed by atoms with E-state index in [4.69, 9.17) is 0 Å². The van der Waals surface area contributed by atoms with E-state index in [2.05, 4.69) is 25.5 Å². The Morgan fingerprint density at radius 2 is 2.15 bits per heavy atom. The molecule has 0 radical (unpaired) electrons. The Bertz CT molecular complexity index is 820. The van der Waals surface area contributed by atoms with Crippen molar-refractivity contribution in [3.8, 4) is 0 Å². The van der Waals surface area contributed by atoms with Crippen LogP contribution in [0.2, 0.25) is 0 Å². The third-order valence-corrected chi connectivity index (χ3v) is 2.95. The van der Waals surface area contributed by atoms with Crippen molar-refractivity contribution in [2.75, 3.05) is 12.4 Å². The lowest BCUT2D eigenvalue weighted by Crippen LogP contribution is -2.23. The minimum Gasteiger partial charge on any atom is -0.372 e. The molecule has 1 N–H and O–H groups in total. The smallest absolute Gasteiger partial charge is 0.267 e. The number of hydrogen-bond acceptors (Lipinski definition) is 6. The van der Waals surface area contributed by atoms with Gasteiger partial charge in [0.05, 0.1) is 11.6 Å². The fraction of sp³-hybridized carbons (Fsp3) is 0.250. The largest absolute Gasteiger partial charge is 0.372 e. The molecule has 0 aromatic carbocycles. The fourth-order valence-corrected chi connectivity index (χ4v) is 1.97. The normalized spacial score (nSPS) is 10.9. The third kappa shape index (κ3) is 2.00. The number of rotatable bonds is 3. The maximum atomic E-state index is 11.7. The molecule has 0 unspecified atom stereocenters. The highest BCUT2D eigenvalue weighted by Crippen LogP contribution is 2.18. The summed E-state index contributed by atoms with van der Waals surface area (Å²) in [5.74, 6) is 1.19. The molecule has 0 spiro atoms. The molecule has 3 aromatic heterocycles. The van der Waals surface area contributed by atoms with E-state index in [-0.39, 0.29) is 12.1 Å². The number of nitrogens with zero attached hydrogens (tertiary/aromatic N) is 6. The van der Waals surface area contributed by atoms with E-state index < -0.39 is 0 Å². The predicted octanol–water partition coefficient (Wildman–Crippen LogP) is 0.01000. The van der Waals surface area contributed by atoms with Gasteiger partial charge >= 0.3 is 0 Å². The zero-order chi connectivity index (χ0) is 14.1. The van der Waals surface area contributed by atoms with Crippen molar-refractivity contribution < 1.29 is 0 Å². The number of fused-ring (bicyclic) bond motifs is 1. The van der Waals surface area contributed by atoms with Crippen molar-refractivity contribution in [2.45, 2.75) is 6.54 Å². The van der Waals surface area contributed by atoms with Gasteiger partial charge in [-0.3, -0.25) is 9.48 Å². The van der Waals surface area contributed by atoms with Gasteiger partial charge in [0.2, 0.25) is 0 Å². The lowest BCUT2D eigenvalue weighted by atomic mass is 10.4. The van der Waals surface area contributed by atoms with Gasteiger partial charge < -0.3 is 5.32 Å². The van der Waals surface area contributed by atoms with Crippen LogP contribution in [0, 0.1) is 0 Å². The fourth-order valence-electron chi connectivity index (χ4n) is 1.97. The molecule has 0 amide bonds. The number of hydrogen-bond donors (Lipinski definition) is 1. The molecule has 0 aliphatic heterocycles. The monoisotopic (exact) mass is 271 g/mol. The van der Waals surface area contributed by atoms with E-state index in [1.54, 1.807) is 30.2 Å². The lowest BCUT2D eigenvalue weighted by molar-refractivity contribution is 0.615. The highest BCUT2D eigenvalue weighted by atomic mass is 16.1. The number of aromatic nitrogens is 6. The van der Waals surface area contributed by atoms with E-state index in [1.165, 1.54) is 10.7 Å². The van der Waals surface area contributed by atoms with Gasteiger partial charge in [0, 0.05) is 26.4 Å². The van der Waals surface area contributed by atoms with Gasteiger partial charge in [-0.2, -0.15) is 10.2 Å². The first-order chi connectivity index (χ1) is 9.69. The second-order valence-corrected chi connectivity index (χ2v) is 4.26. The highest BCUT2D eigenvalue weighted by molar-refractivity contribution is 5.86. The Morgan fingerprint density at radius 1 is 1.30 bits per heavy atom. The quantitative estimate of drug-likeness (QED) is 0.721. The number of aryl methyl sites for hydroxylation is 1. The van der Waals surface area contributed by atoms with Gasteiger partial charge in [-0.15, -0.1) is 0 Å². The van der Waals surface area contributed by atoms with Crippen LogP contribution in [0.1, 0.15) is 5.82 Å². The summed E-state index contributed by atoms with van der Waals surface area (Å²) in [5.41, 5.74) is 0.524. The molecule has 102 valence electrons. The molecule has 20 heavy (non-hydrogen) atoms. The van der Waals surface area contributed by atoms with Gasteiger partial charge in [0.15, 0.2) is 11.5 Å². The van der Waals surface area contributed by atoms with E-state index in [0.717, 1.165) is 5.39 Å². The molecular weight excluding hydrogens is 258 g/mol. The summed E-state index contributed by atoms with van der Waals surface area (Å²) in [6.07, 6.45) is 3.26. The lowest BCUT2D eigenvalue weighted by Gasteiger charge is -2.06. The Hall–Kier alpha value is -2.77. The van der Waals surface area contributed by atoms with E-state index >= 15 is 0 Å². The molecule has 8 nitrogen and oxygen atoms in total. The van der Waals surface area contributed by atoms with Crippen LogP contribution in [0.15, 0.2) is 29.3 Å². The molecule has 0 bridgehead atoms. The first kappa shape index (κ1) is 12.3. The van der Waals surface area contributed by atoms with Crippen LogP contribution in [0.25, 0.3) is 11.0 Å². The van der Waals surface area contributed by atoms with E-state index in [9.17, 15) is 4.79 Å². The molecule has 0 aliphatic rings. The van der Waals surface area contributed by atoms with Crippen LogP contribution < -0.4 is 10.9 Å². The zero-order valence-corrected chi connectivity index (χ0v) is 11.1. The average Bonchev–Trinajstić information content (AvgIpc) is 2.82. The van der Waals surface area contributed by atoms with Gasteiger partial charge in [0.25, 0.3) is 5.56 Å². The minimum atomic E-state index is -0.188. The van der Waals surface area contributed by atoms with Gasteiger partial charge in [0.1, 0.15) is 12.4 Å². The van der Waals surface area contributed by atoms with Crippen LogP contribution in [-0.2, 0) is 13.6 Å².